The Kier molecular flexibility index (Phi) is 5.39. The van der Waals surface area contributed by atoms with E-state index in [4.69, 9.17) is 0 Å². The maximum atomic E-state index is 4.52. The van der Waals surface area contributed by atoms with E-state index >= 15 is 0 Å². The number of hydrogen-bond acceptors (Lipinski definition) is 3. The van der Waals surface area contributed by atoms with Crippen molar-refractivity contribution in [3.05, 3.63) is 71.9 Å². The van der Waals surface area contributed by atoms with Crippen LogP contribution >= 0.6 is 0 Å². The molecule has 4 nitrogen and oxygen atoms in total. The Hall–Kier alpha value is -2.46. The largest absolute Gasteiger partial charge is 0.309 e. The molecule has 2 aromatic carbocycles. The van der Waals surface area contributed by atoms with Crippen LogP contribution in [0.4, 0.5) is 0 Å². The van der Waals surface area contributed by atoms with E-state index in [2.05, 4.69) is 64.9 Å². The molecule has 0 radical (unpaired) electrons. The van der Waals surface area contributed by atoms with E-state index < -0.39 is 0 Å². The smallest absolute Gasteiger partial charge is 0.117 e. The Morgan fingerprint density at radius 3 is 2.33 bits per heavy atom. The van der Waals surface area contributed by atoms with Crippen molar-refractivity contribution in [3.8, 4) is 11.3 Å². The van der Waals surface area contributed by atoms with Gasteiger partial charge in [-0.3, -0.25) is 0 Å². The van der Waals surface area contributed by atoms with Crippen LogP contribution in [0.2, 0.25) is 0 Å². The lowest BCUT2D eigenvalue weighted by Gasteiger charge is -2.13. The number of aromatic nitrogens is 3. The lowest BCUT2D eigenvalue weighted by molar-refractivity contribution is 0.506. The monoisotopic (exact) mass is 320 g/mol. The van der Waals surface area contributed by atoms with Crippen molar-refractivity contribution in [1.82, 2.24) is 20.3 Å². The normalized spacial score (nSPS) is 12.2. The molecule has 0 saturated heterocycles. The zero-order valence-electron chi connectivity index (χ0n) is 14.3. The van der Waals surface area contributed by atoms with Crippen molar-refractivity contribution in [3.63, 3.8) is 0 Å². The van der Waals surface area contributed by atoms with E-state index in [0.717, 1.165) is 36.3 Å². The molecule has 3 rings (SSSR count). The molecule has 0 bridgehead atoms. The van der Waals surface area contributed by atoms with Crippen LogP contribution in [-0.4, -0.2) is 21.0 Å². The van der Waals surface area contributed by atoms with Gasteiger partial charge in [0.1, 0.15) is 11.4 Å². The van der Waals surface area contributed by atoms with Crippen LogP contribution in [0.1, 0.15) is 24.6 Å². The second-order valence-corrected chi connectivity index (χ2v) is 6.16. The van der Waals surface area contributed by atoms with Crippen molar-refractivity contribution < 1.29 is 0 Å². The highest BCUT2D eigenvalue weighted by atomic mass is 15.5. The summed E-state index contributed by atoms with van der Waals surface area (Å²) in [7, 11) is 1.87. The van der Waals surface area contributed by atoms with Gasteiger partial charge in [0, 0.05) is 25.2 Å². The molecule has 24 heavy (non-hydrogen) atoms. The molecule has 124 valence electrons. The average molecular weight is 320 g/mol. The van der Waals surface area contributed by atoms with E-state index in [1.54, 1.807) is 4.80 Å². The third kappa shape index (κ3) is 4.30. The molecule has 0 aliphatic heterocycles. The molecule has 3 aromatic rings. The molecule has 0 aliphatic rings. The molecule has 1 N–H and O–H groups in total. The fraction of sp³-hybridized carbons (Fsp3) is 0.300. The first kappa shape index (κ1) is 16.4. The Balaban J connectivity index is 1.58. The zero-order chi connectivity index (χ0) is 16.8. The van der Waals surface area contributed by atoms with Gasteiger partial charge in [0.15, 0.2) is 0 Å². The standard InChI is InChI=1S/C20H24N4/c1-16(13-14-17-9-5-3-6-10-17)21-15-19-20(23-24(2)22-19)18-11-7-4-8-12-18/h3-12,16,21H,13-15H2,1-2H3/t16-/m0/s1. The van der Waals surface area contributed by atoms with Gasteiger partial charge < -0.3 is 5.32 Å². The van der Waals surface area contributed by atoms with Gasteiger partial charge >= 0.3 is 0 Å². The molecule has 1 heterocycles. The summed E-state index contributed by atoms with van der Waals surface area (Å²) >= 11 is 0. The minimum absolute atomic E-state index is 0.427. The van der Waals surface area contributed by atoms with Crippen LogP contribution in [0.5, 0.6) is 0 Å². The molecule has 1 atom stereocenters. The molecule has 1 aromatic heterocycles. The fourth-order valence-corrected chi connectivity index (χ4v) is 2.79. The third-order valence-electron chi connectivity index (χ3n) is 4.16. The van der Waals surface area contributed by atoms with Crippen LogP contribution in [0.15, 0.2) is 60.7 Å². The van der Waals surface area contributed by atoms with E-state index in [9.17, 15) is 0 Å². The molecule has 0 spiro atoms. The minimum atomic E-state index is 0.427. The van der Waals surface area contributed by atoms with Crippen molar-refractivity contribution in [2.24, 2.45) is 7.05 Å². The van der Waals surface area contributed by atoms with E-state index in [0.29, 0.717) is 6.04 Å². The first-order valence-electron chi connectivity index (χ1n) is 8.45. The fourth-order valence-electron chi connectivity index (χ4n) is 2.79. The maximum Gasteiger partial charge on any atom is 0.117 e. The number of hydrogen-bond donors (Lipinski definition) is 1. The van der Waals surface area contributed by atoms with Gasteiger partial charge in [-0.15, -0.1) is 0 Å². The van der Waals surface area contributed by atoms with Crippen molar-refractivity contribution in [2.75, 3.05) is 0 Å². The predicted molar refractivity (Wildman–Crippen MR) is 97.5 cm³/mol. The SMILES string of the molecule is C[C@@H](CCc1ccccc1)NCc1nn(C)nc1-c1ccccc1. The first-order valence-corrected chi connectivity index (χ1v) is 8.45. The summed E-state index contributed by atoms with van der Waals surface area (Å²) in [6, 6.07) is 21.3. The maximum absolute atomic E-state index is 4.52. The second-order valence-electron chi connectivity index (χ2n) is 6.16. The van der Waals surface area contributed by atoms with Gasteiger partial charge in [-0.25, -0.2) is 0 Å². The Bertz CT molecular complexity index is 750. The van der Waals surface area contributed by atoms with Crippen LogP contribution in [0.3, 0.4) is 0 Å². The average Bonchev–Trinajstić information content (AvgIpc) is 3.00. The van der Waals surface area contributed by atoms with Crippen molar-refractivity contribution >= 4 is 0 Å². The van der Waals surface area contributed by atoms with Gasteiger partial charge in [0.25, 0.3) is 0 Å². The molecular weight excluding hydrogens is 296 g/mol. The topological polar surface area (TPSA) is 42.7 Å². The summed E-state index contributed by atoms with van der Waals surface area (Å²) in [5.41, 5.74) is 4.45. The zero-order valence-corrected chi connectivity index (χ0v) is 14.3. The lowest BCUT2D eigenvalue weighted by Crippen LogP contribution is -2.26. The van der Waals surface area contributed by atoms with Crippen molar-refractivity contribution in [1.29, 1.82) is 0 Å². The van der Waals surface area contributed by atoms with Crippen molar-refractivity contribution in [2.45, 2.75) is 32.4 Å². The van der Waals surface area contributed by atoms with Crippen LogP contribution < -0.4 is 5.32 Å². The highest BCUT2D eigenvalue weighted by Crippen LogP contribution is 2.19. The summed E-state index contributed by atoms with van der Waals surface area (Å²) in [5.74, 6) is 0. The van der Waals surface area contributed by atoms with E-state index in [1.165, 1.54) is 5.56 Å². The molecule has 0 fully saturated rings. The molecule has 0 saturated carbocycles. The number of benzene rings is 2. The number of nitrogens with zero attached hydrogens (tertiary/aromatic N) is 3. The highest BCUT2D eigenvalue weighted by Gasteiger charge is 2.12. The predicted octanol–water partition coefficient (Wildman–Crippen LogP) is 3.59. The van der Waals surface area contributed by atoms with E-state index in [1.807, 2.05) is 25.2 Å². The summed E-state index contributed by atoms with van der Waals surface area (Å²) in [6.45, 7) is 2.95. The first-order chi connectivity index (χ1) is 11.7. The minimum Gasteiger partial charge on any atom is -0.309 e. The highest BCUT2D eigenvalue weighted by molar-refractivity contribution is 5.60. The van der Waals surface area contributed by atoms with Gasteiger partial charge in [0.05, 0.1) is 0 Å². The number of aryl methyl sites for hydroxylation is 2. The molecule has 0 aliphatic carbocycles. The molecular formula is C20H24N4. The van der Waals surface area contributed by atoms with Gasteiger partial charge in [-0.2, -0.15) is 15.0 Å². The molecule has 4 heteroatoms. The summed E-state index contributed by atoms with van der Waals surface area (Å²) < 4.78 is 0. The van der Waals surface area contributed by atoms with Crippen LogP contribution in [0, 0.1) is 0 Å². The lowest BCUT2D eigenvalue weighted by atomic mass is 10.1. The number of nitrogens with one attached hydrogen (secondary N) is 1. The Morgan fingerprint density at radius 2 is 1.62 bits per heavy atom. The van der Waals surface area contributed by atoms with E-state index in [-0.39, 0.29) is 0 Å². The quantitative estimate of drug-likeness (QED) is 0.723. The van der Waals surface area contributed by atoms with Gasteiger partial charge in [0.2, 0.25) is 0 Å². The summed E-state index contributed by atoms with van der Waals surface area (Å²) in [6.07, 6.45) is 2.19. The van der Waals surface area contributed by atoms with Gasteiger partial charge in [-0.05, 0) is 25.3 Å². The van der Waals surface area contributed by atoms with Gasteiger partial charge in [-0.1, -0.05) is 60.7 Å². The Labute approximate surface area is 143 Å². The van der Waals surface area contributed by atoms with Crippen LogP contribution in [0.25, 0.3) is 11.3 Å². The Morgan fingerprint density at radius 1 is 0.958 bits per heavy atom. The molecule has 0 unspecified atom stereocenters. The second kappa shape index (κ2) is 7.88. The summed E-state index contributed by atoms with van der Waals surface area (Å²) in [5, 5.41) is 12.6. The molecule has 0 amide bonds. The number of rotatable bonds is 7. The van der Waals surface area contributed by atoms with Crippen LogP contribution in [-0.2, 0) is 20.0 Å². The summed E-state index contributed by atoms with van der Waals surface area (Å²) in [4.78, 5) is 1.65. The third-order valence-corrected chi connectivity index (χ3v) is 4.16.